The number of hydrogen-bond donors (Lipinski definition) is 2. The van der Waals surface area contributed by atoms with E-state index in [-0.39, 0.29) is 18.2 Å². The molecule has 35 heavy (non-hydrogen) atoms. The monoisotopic (exact) mass is 474 g/mol. The van der Waals surface area contributed by atoms with E-state index in [0.29, 0.717) is 35.5 Å². The van der Waals surface area contributed by atoms with Crippen LogP contribution in [0.25, 0.3) is 10.9 Å². The smallest absolute Gasteiger partial charge is 0.338 e. The second-order valence-electron chi connectivity index (χ2n) is 8.07. The van der Waals surface area contributed by atoms with Crippen LogP contribution in [0.15, 0.2) is 72.8 Å². The van der Waals surface area contributed by atoms with Gasteiger partial charge in [-0.15, -0.1) is 0 Å². The van der Waals surface area contributed by atoms with Crippen LogP contribution in [-0.2, 0) is 9.47 Å². The topological polar surface area (TPSA) is 80.7 Å². The number of rotatable bonds is 9. The van der Waals surface area contributed by atoms with Crippen LogP contribution >= 0.6 is 0 Å². The largest absolute Gasteiger partial charge is 0.505 e. The van der Waals surface area contributed by atoms with Crippen molar-refractivity contribution in [3.63, 3.8) is 0 Å². The molecule has 0 bridgehead atoms. The normalized spacial score (nSPS) is 11.9. The maximum Gasteiger partial charge on any atom is 0.338 e. The number of nitrogens with zero attached hydrogens (tertiary/aromatic N) is 1. The Bertz CT molecular complexity index is 1310. The van der Waals surface area contributed by atoms with Crippen molar-refractivity contribution in [2.24, 2.45) is 0 Å². The lowest BCUT2D eigenvalue weighted by molar-refractivity contribution is 0.0335. The number of benzene rings is 3. The highest BCUT2D eigenvalue weighted by Gasteiger charge is 2.20. The van der Waals surface area contributed by atoms with Crippen LogP contribution in [0.1, 0.15) is 40.1 Å². The number of pyridine rings is 1. The standard InChI is InChI=1S/C28H27FN2O4/c1-3-34-16-17-35-28(33)21-8-13-23(14-9-21)31-25(19-6-11-22(29)12-7-19)24-15-10-20-5-4-18(2)30-26(20)27(24)32/h4-15,25,31-32H,3,16-17H2,1-2H3. The molecular weight excluding hydrogens is 447 g/mol. The first-order valence-electron chi connectivity index (χ1n) is 11.4. The molecule has 0 spiro atoms. The van der Waals surface area contributed by atoms with Crippen LogP contribution in [0.3, 0.4) is 0 Å². The first-order chi connectivity index (χ1) is 17.0. The average molecular weight is 475 g/mol. The summed E-state index contributed by atoms with van der Waals surface area (Å²) in [6.45, 7) is 4.85. The van der Waals surface area contributed by atoms with Crippen molar-refractivity contribution in [1.82, 2.24) is 4.98 Å². The van der Waals surface area contributed by atoms with Gasteiger partial charge in [0.1, 0.15) is 23.7 Å². The Kier molecular flexibility index (Phi) is 7.57. The van der Waals surface area contributed by atoms with Crippen LogP contribution in [0, 0.1) is 12.7 Å². The van der Waals surface area contributed by atoms with Gasteiger partial charge in [0.05, 0.1) is 18.2 Å². The van der Waals surface area contributed by atoms with E-state index >= 15 is 0 Å². The fraction of sp³-hybridized carbons (Fsp3) is 0.214. The van der Waals surface area contributed by atoms with Crippen molar-refractivity contribution in [2.75, 3.05) is 25.1 Å². The zero-order valence-electron chi connectivity index (χ0n) is 19.6. The number of aryl methyl sites for hydroxylation is 1. The van der Waals surface area contributed by atoms with E-state index in [2.05, 4.69) is 10.3 Å². The SMILES string of the molecule is CCOCCOC(=O)c1ccc(NC(c2ccc(F)cc2)c2ccc3ccc(C)nc3c2O)cc1. The van der Waals surface area contributed by atoms with Crippen LogP contribution in [0.4, 0.5) is 10.1 Å². The molecule has 4 aromatic rings. The first kappa shape index (κ1) is 24.2. The Labute approximate surface area is 203 Å². The number of phenolic OH excluding ortho intramolecular Hbond substituents is 1. The predicted molar refractivity (Wildman–Crippen MR) is 133 cm³/mol. The quantitative estimate of drug-likeness (QED) is 0.236. The minimum atomic E-state index is -0.494. The molecule has 3 aromatic carbocycles. The number of phenols is 1. The van der Waals surface area contributed by atoms with E-state index in [9.17, 15) is 14.3 Å². The minimum Gasteiger partial charge on any atom is -0.505 e. The van der Waals surface area contributed by atoms with Gasteiger partial charge in [0.15, 0.2) is 0 Å². The number of halogens is 1. The summed E-state index contributed by atoms with van der Waals surface area (Å²) in [6, 6.07) is 20.0. The van der Waals surface area contributed by atoms with E-state index in [1.54, 1.807) is 36.4 Å². The highest BCUT2D eigenvalue weighted by Crippen LogP contribution is 2.36. The molecule has 1 aromatic heterocycles. The van der Waals surface area contributed by atoms with Crippen LogP contribution < -0.4 is 5.32 Å². The summed E-state index contributed by atoms with van der Waals surface area (Å²) in [5, 5.41) is 15.3. The van der Waals surface area contributed by atoms with E-state index in [1.807, 2.05) is 38.1 Å². The summed E-state index contributed by atoms with van der Waals surface area (Å²) in [5.41, 5.74) is 3.77. The number of carbonyl (C=O) groups excluding carboxylic acids is 1. The summed E-state index contributed by atoms with van der Waals surface area (Å²) >= 11 is 0. The number of nitrogens with one attached hydrogen (secondary N) is 1. The van der Waals surface area contributed by atoms with Crippen molar-refractivity contribution in [3.05, 3.63) is 101 Å². The number of esters is 1. The molecule has 1 heterocycles. The zero-order chi connectivity index (χ0) is 24.8. The lowest BCUT2D eigenvalue weighted by atomic mass is 9.95. The number of aromatic nitrogens is 1. The molecule has 0 saturated carbocycles. The van der Waals surface area contributed by atoms with E-state index in [0.717, 1.165) is 16.6 Å². The van der Waals surface area contributed by atoms with E-state index in [1.165, 1.54) is 12.1 Å². The predicted octanol–water partition coefficient (Wildman–Crippen LogP) is 5.78. The third kappa shape index (κ3) is 5.75. The molecule has 0 amide bonds. The second kappa shape index (κ2) is 11.0. The Hall–Kier alpha value is -3.97. The van der Waals surface area contributed by atoms with Gasteiger partial charge < -0.3 is 19.9 Å². The molecule has 180 valence electrons. The fourth-order valence-electron chi connectivity index (χ4n) is 3.81. The van der Waals surface area contributed by atoms with Crippen LogP contribution in [-0.4, -0.2) is 35.9 Å². The molecule has 4 rings (SSSR count). The fourth-order valence-corrected chi connectivity index (χ4v) is 3.81. The Morgan fingerprint density at radius 2 is 1.71 bits per heavy atom. The molecule has 6 nitrogen and oxygen atoms in total. The average Bonchev–Trinajstić information content (AvgIpc) is 2.87. The number of ether oxygens (including phenoxy) is 2. The highest BCUT2D eigenvalue weighted by molar-refractivity contribution is 5.90. The van der Waals surface area contributed by atoms with Gasteiger partial charge in [-0.05, 0) is 61.9 Å². The number of anilines is 1. The molecule has 0 aliphatic carbocycles. The lowest BCUT2D eigenvalue weighted by Gasteiger charge is -2.23. The maximum absolute atomic E-state index is 13.6. The van der Waals surface area contributed by atoms with E-state index < -0.39 is 12.0 Å². The van der Waals surface area contributed by atoms with Crippen molar-refractivity contribution in [1.29, 1.82) is 0 Å². The van der Waals surface area contributed by atoms with Crippen molar-refractivity contribution < 1.29 is 23.8 Å². The molecule has 0 fully saturated rings. The van der Waals surface area contributed by atoms with Crippen LogP contribution in [0.2, 0.25) is 0 Å². The summed E-state index contributed by atoms with van der Waals surface area (Å²) in [6.07, 6.45) is 0. The van der Waals surface area contributed by atoms with Gasteiger partial charge in [0.25, 0.3) is 0 Å². The molecule has 0 radical (unpaired) electrons. The van der Waals surface area contributed by atoms with Crippen molar-refractivity contribution in [2.45, 2.75) is 19.9 Å². The van der Waals surface area contributed by atoms with Crippen molar-refractivity contribution >= 4 is 22.6 Å². The highest BCUT2D eigenvalue weighted by atomic mass is 19.1. The number of fused-ring (bicyclic) bond motifs is 1. The molecule has 1 atom stereocenters. The molecule has 7 heteroatoms. The van der Waals surface area contributed by atoms with Gasteiger partial charge in [0.2, 0.25) is 0 Å². The van der Waals surface area contributed by atoms with Gasteiger partial charge >= 0.3 is 5.97 Å². The van der Waals surface area contributed by atoms with E-state index in [4.69, 9.17) is 9.47 Å². The summed E-state index contributed by atoms with van der Waals surface area (Å²) in [4.78, 5) is 16.7. The Morgan fingerprint density at radius 1 is 1.00 bits per heavy atom. The van der Waals surface area contributed by atoms with Gasteiger partial charge in [-0.3, -0.25) is 0 Å². The maximum atomic E-state index is 13.6. The van der Waals surface area contributed by atoms with Gasteiger partial charge in [-0.1, -0.05) is 30.3 Å². The summed E-state index contributed by atoms with van der Waals surface area (Å²) in [5.74, 6) is -0.720. The van der Waals surface area contributed by atoms with Gasteiger partial charge in [0, 0.05) is 28.9 Å². The molecule has 1 unspecified atom stereocenters. The Morgan fingerprint density at radius 3 is 2.43 bits per heavy atom. The van der Waals surface area contributed by atoms with Gasteiger partial charge in [-0.25, -0.2) is 14.2 Å². The summed E-state index contributed by atoms with van der Waals surface area (Å²) < 4.78 is 24.0. The first-order valence-corrected chi connectivity index (χ1v) is 11.4. The number of aromatic hydroxyl groups is 1. The minimum absolute atomic E-state index is 0.0579. The molecule has 0 aliphatic rings. The van der Waals surface area contributed by atoms with Gasteiger partial charge in [-0.2, -0.15) is 0 Å². The summed E-state index contributed by atoms with van der Waals surface area (Å²) in [7, 11) is 0. The second-order valence-corrected chi connectivity index (χ2v) is 8.07. The number of hydrogen-bond acceptors (Lipinski definition) is 6. The molecular formula is C28H27FN2O4. The zero-order valence-corrected chi connectivity index (χ0v) is 19.6. The lowest BCUT2D eigenvalue weighted by Crippen LogP contribution is -2.14. The molecule has 0 saturated heterocycles. The third-order valence-corrected chi connectivity index (χ3v) is 5.62. The number of carbonyl (C=O) groups is 1. The van der Waals surface area contributed by atoms with Crippen molar-refractivity contribution in [3.8, 4) is 5.75 Å². The molecule has 0 aliphatic heterocycles. The van der Waals surface area contributed by atoms with Crippen LogP contribution in [0.5, 0.6) is 5.75 Å². The molecule has 2 N–H and O–H groups in total. The third-order valence-electron chi connectivity index (χ3n) is 5.62. The Balaban J connectivity index is 1.63.